The first-order valence-electron chi connectivity index (χ1n) is 6.78. The zero-order valence-corrected chi connectivity index (χ0v) is 12.1. The van der Waals surface area contributed by atoms with Gasteiger partial charge in [-0.2, -0.15) is 8.78 Å². The highest BCUT2D eigenvalue weighted by molar-refractivity contribution is 6.30. The summed E-state index contributed by atoms with van der Waals surface area (Å²) in [5.41, 5.74) is 0.435. The van der Waals surface area contributed by atoms with Crippen molar-refractivity contribution in [3.8, 4) is 5.75 Å². The Hall–Kier alpha value is -1.40. The number of alkyl halides is 2. The Morgan fingerprint density at radius 2 is 2.14 bits per heavy atom. The molecule has 1 amide bonds. The fraction of sp³-hybridized carbons (Fsp3) is 0.500. The van der Waals surface area contributed by atoms with Crippen LogP contribution < -0.4 is 15.4 Å². The van der Waals surface area contributed by atoms with Gasteiger partial charge in [-0.3, -0.25) is 4.79 Å². The molecule has 4 nitrogen and oxygen atoms in total. The minimum absolute atomic E-state index is 0.0278. The van der Waals surface area contributed by atoms with Gasteiger partial charge in [0.15, 0.2) is 0 Å². The lowest BCUT2D eigenvalue weighted by atomic mass is 9.97. The molecule has 0 aliphatic carbocycles. The van der Waals surface area contributed by atoms with Gasteiger partial charge in [-0.25, -0.2) is 0 Å². The highest BCUT2D eigenvalue weighted by Gasteiger charge is 2.21. The first-order chi connectivity index (χ1) is 10.1. The van der Waals surface area contributed by atoms with Gasteiger partial charge in [0, 0.05) is 23.0 Å². The summed E-state index contributed by atoms with van der Waals surface area (Å²) in [7, 11) is 0. The highest BCUT2D eigenvalue weighted by Crippen LogP contribution is 2.24. The molecule has 7 heteroatoms. The van der Waals surface area contributed by atoms with E-state index in [4.69, 9.17) is 11.6 Å². The molecule has 2 N–H and O–H groups in total. The monoisotopic (exact) mass is 318 g/mol. The largest absolute Gasteiger partial charge is 0.434 e. The van der Waals surface area contributed by atoms with Gasteiger partial charge >= 0.3 is 6.61 Å². The van der Waals surface area contributed by atoms with E-state index in [1.807, 2.05) is 0 Å². The summed E-state index contributed by atoms with van der Waals surface area (Å²) < 4.78 is 29.1. The molecule has 116 valence electrons. The summed E-state index contributed by atoms with van der Waals surface area (Å²) in [5.74, 6) is -0.0793. The van der Waals surface area contributed by atoms with Gasteiger partial charge in [0.1, 0.15) is 5.75 Å². The minimum Gasteiger partial charge on any atom is -0.434 e. The molecule has 2 rings (SSSR count). The average molecular weight is 319 g/mol. The van der Waals surface area contributed by atoms with E-state index in [1.165, 1.54) is 18.2 Å². The normalized spacial score (nSPS) is 16.0. The van der Waals surface area contributed by atoms with Crippen LogP contribution in [0.15, 0.2) is 18.2 Å². The Balaban J connectivity index is 1.97. The molecule has 0 atom stereocenters. The van der Waals surface area contributed by atoms with Gasteiger partial charge in [-0.15, -0.1) is 0 Å². The van der Waals surface area contributed by atoms with Crippen molar-refractivity contribution in [3.63, 3.8) is 0 Å². The van der Waals surface area contributed by atoms with Crippen LogP contribution in [0.3, 0.4) is 0 Å². The molecular weight excluding hydrogens is 302 g/mol. The maximum atomic E-state index is 12.3. The molecule has 0 radical (unpaired) electrons. The van der Waals surface area contributed by atoms with Crippen molar-refractivity contribution in [2.75, 3.05) is 13.1 Å². The number of ether oxygens (including phenoxy) is 1. The lowest BCUT2D eigenvalue weighted by Crippen LogP contribution is -2.37. The van der Waals surface area contributed by atoms with Gasteiger partial charge < -0.3 is 15.4 Å². The summed E-state index contributed by atoms with van der Waals surface area (Å²) in [6.45, 7) is -1.17. The molecule has 1 saturated heterocycles. The Morgan fingerprint density at radius 1 is 1.43 bits per heavy atom. The molecule has 1 aromatic carbocycles. The zero-order chi connectivity index (χ0) is 15.2. The summed E-state index contributed by atoms with van der Waals surface area (Å²) in [5, 5.41) is 6.35. The Morgan fingerprint density at radius 3 is 2.81 bits per heavy atom. The van der Waals surface area contributed by atoms with Crippen molar-refractivity contribution in [1.82, 2.24) is 10.6 Å². The van der Waals surface area contributed by atoms with Gasteiger partial charge in [-0.1, -0.05) is 11.6 Å². The number of carbonyl (C=O) groups excluding carboxylic acids is 1. The molecule has 1 aliphatic heterocycles. The van der Waals surface area contributed by atoms with Crippen LogP contribution in [0.4, 0.5) is 8.78 Å². The van der Waals surface area contributed by atoms with Crippen molar-refractivity contribution in [2.45, 2.75) is 26.0 Å². The minimum atomic E-state index is -2.91. The molecule has 1 fully saturated rings. The zero-order valence-electron chi connectivity index (χ0n) is 11.4. The molecule has 21 heavy (non-hydrogen) atoms. The van der Waals surface area contributed by atoms with Crippen molar-refractivity contribution in [2.24, 2.45) is 5.92 Å². The smallest absolute Gasteiger partial charge is 0.387 e. The van der Waals surface area contributed by atoms with Crippen LogP contribution in [0.2, 0.25) is 5.02 Å². The second-order valence-corrected chi connectivity index (χ2v) is 5.31. The second kappa shape index (κ2) is 7.56. The number of hydrogen-bond donors (Lipinski definition) is 2. The van der Waals surface area contributed by atoms with Crippen LogP contribution in [0.25, 0.3) is 0 Å². The topological polar surface area (TPSA) is 50.4 Å². The molecule has 0 spiro atoms. The van der Waals surface area contributed by atoms with E-state index in [9.17, 15) is 13.6 Å². The molecule has 0 aromatic heterocycles. The third-order valence-corrected chi connectivity index (χ3v) is 3.64. The van der Waals surface area contributed by atoms with E-state index in [0.29, 0.717) is 10.6 Å². The standard InChI is InChI=1S/C14H17ClF2N2O2/c15-11-1-2-12(21-14(16)17)10(7-11)8-19-13(20)9-3-5-18-6-4-9/h1-2,7,9,14,18H,3-6,8H2,(H,19,20). The maximum absolute atomic E-state index is 12.3. The van der Waals surface area contributed by atoms with Crippen molar-refractivity contribution in [3.05, 3.63) is 28.8 Å². The lowest BCUT2D eigenvalue weighted by Gasteiger charge is -2.22. The molecule has 1 heterocycles. The number of nitrogens with one attached hydrogen (secondary N) is 2. The van der Waals surface area contributed by atoms with E-state index in [0.717, 1.165) is 25.9 Å². The number of hydrogen-bond acceptors (Lipinski definition) is 3. The first-order valence-corrected chi connectivity index (χ1v) is 7.15. The Labute approximate surface area is 126 Å². The SMILES string of the molecule is O=C(NCc1cc(Cl)ccc1OC(F)F)C1CCNCC1. The van der Waals surface area contributed by atoms with E-state index in [2.05, 4.69) is 15.4 Å². The van der Waals surface area contributed by atoms with Crippen LogP contribution in [-0.4, -0.2) is 25.6 Å². The van der Waals surface area contributed by atoms with Crippen LogP contribution >= 0.6 is 11.6 Å². The van der Waals surface area contributed by atoms with E-state index in [1.54, 1.807) is 0 Å². The van der Waals surface area contributed by atoms with Crippen LogP contribution in [0.5, 0.6) is 5.75 Å². The predicted molar refractivity (Wildman–Crippen MR) is 75.5 cm³/mol. The Bertz CT molecular complexity index is 494. The third-order valence-electron chi connectivity index (χ3n) is 3.40. The number of halogens is 3. The van der Waals surface area contributed by atoms with Gasteiger partial charge in [0.25, 0.3) is 0 Å². The summed E-state index contributed by atoms with van der Waals surface area (Å²) in [6.07, 6.45) is 1.56. The molecule has 1 aromatic rings. The lowest BCUT2D eigenvalue weighted by molar-refractivity contribution is -0.125. The number of benzene rings is 1. The number of amides is 1. The van der Waals surface area contributed by atoms with Crippen molar-refractivity contribution >= 4 is 17.5 Å². The summed E-state index contributed by atoms with van der Waals surface area (Å²) >= 11 is 5.85. The van der Waals surface area contributed by atoms with E-state index in [-0.39, 0.29) is 24.1 Å². The Kier molecular flexibility index (Phi) is 5.76. The second-order valence-electron chi connectivity index (χ2n) is 4.87. The fourth-order valence-corrected chi connectivity index (χ4v) is 2.50. The van der Waals surface area contributed by atoms with E-state index < -0.39 is 6.61 Å². The van der Waals surface area contributed by atoms with Crippen LogP contribution in [0, 0.1) is 5.92 Å². The third kappa shape index (κ3) is 4.82. The predicted octanol–water partition coefficient (Wildman–Crippen LogP) is 2.56. The first kappa shape index (κ1) is 16.0. The molecular formula is C14H17ClF2N2O2. The van der Waals surface area contributed by atoms with Gasteiger partial charge in [0.2, 0.25) is 5.91 Å². The molecule has 0 saturated carbocycles. The fourth-order valence-electron chi connectivity index (χ4n) is 2.31. The van der Waals surface area contributed by atoms with Crippen LogP contribution in [0.1, 0.15) is 18.4 Å². The average Bonchev–Trinajstić information content (AvgIpc) is 2.47. The maximum Gasteiger partial charge on any atom is 0.387 e. The molecule has 0 bridgehead atoms. The molecule has 1 aliphatic rings. The van der Waals surface area contributed by atoms with E-state index >= 15 is 0 Å². The number of piperidine rings is 1. The number of rotatable bonds is 5. The summed E-state index contributed by atoms with van der Waals surface area (Å²) in [6, 6.07) is 4.36. The summed E-state index contributed by atoms with van der Waals surface area (Å²) in [4.78, 5) is 12.0. The van der Waals surface area contributed by atoms with Crippen LogP contribution in [-0.2, 0) is 11.3 Å². The quantitative estimate of drug-likeness (QED) is 0.877. The molecule has 0 unspecified atom stereocenters. The van der Waals surface area contributed by atoms with Gasteiger partial charge in [0.05, 0.1) is 0 Å². The van der Waals surface area contributed by atoms with Gasteiger partial charge in [-0.05, 0) is 44.1 Å². The van der Waals surface area contributed by atoms with Crippen molar-refractivity contribution < 1.29 is 18.3 Å². The number of carbonyl (C=O) groups is 1. The highest BCUT2D eigenvalue weighted by atomic mass is 35.5. The van der Waals surface area contributed by atoms with Crippen molar-refractivity contribution in [1.29, 1.82) is 0 Å².